The predicted molar refractivity (Wildman–Crippen MR) is 63.1 cm³/mol. The van der Waals surface area contributed by atoms with Gasteiger partial charge in [-0.15, -0.1) is 0 Å². The van der Waals surface area contributed by atoms with Crippen molar-refractivity contribution in [1.82, 2.24) is 5.32 Å². The molecule has 1 aromatic rings. The summed E-state index contributed by atoms with van der Waals surface area (Å²) in [5, 5.41) is 15.6. The molecule has 0 radical (unpaired) electrons. The van der Waals surface area contributed by atoms with Crippen molar-refractivity contribution in [3.8, 4) is 0 Å². The molecule has 0 saturated carbocycles. The Labute approximate surface area is 92.8 Å². The summed E-state index contributed by atoms with van der Waals surface area (Å²) in [7, 11) is 1.89. The van der Waals surface area contributed by atoms with Crippen molar-refractivity contribution in [2.75, 3.05) is 7.05 Å². The molecule has 1 N–H and O–H groups in total. The molecule has 0 bridgehead atoms. The largest absolute Gasteiger partial charge is 0.324 e. The third-order valence-corrected chi connectivity index (χ3v) is 3.19. The lowest BCUT2D eigenvalue weighted by Gasteiger charge is -2.09. The molecule has 0 aliphatic carbocycles. The smallest absolute Gasteiger partial charge is 0.314 e. The molecule has 0 aliphatic heterocycles. The number of likely N-dealkylation sites (N-methyl/N-ethyl adjacent to an activating group) is 1. The Kier molecular flexibility index (Phi) is 3.99. The van der Waals surface area contributed by atoms with E-state index >= 15 is 0 Å². The lowest BCUT2D eigenvalue weighted by atomic mass is 10.1. The SMILES string of the molecule is CNC(C)C(C)=Cc1csc([N+](=O)[O-])c1. The van der Waals surface area contributed by atoms with E-state index < -0.39 is 0 Å². The average Bonchev–Trinajstić information content (AvgIpc) is 2.65. The summed E-state index contributed by atoms with van der Waals surface area (Å²) in [6.07, 6.45) is 1.96. The molecule has 0 aromatic carbocycles. The zero-order valence-electron chi connectivity index (χ0n) is 8.98. The molecule has 1 heterocycles. The van der Waals surface area contributed by atoms with E-state index in [1.54, 1.807) is 11.4 Å². The molecule has 0 aliphatic rings. The number of hydrogen-bond donors (Lipinski definition) is 1. The Morgan fingerprint density at radius 3 is 2.87 bits per heavy atom. The molecule has 1 unspecified atom stereocenters. The van der Waals surface area contributed by atoms with Crippen molar-refractivity contribution in [1.29, 1.82) is 0 Å². The summed E-state index contributed by atoms with van der Waals surface area (Å²) in [6, 6.07) is 1.88. The zero-order chi connectivity index (χ0) is 11.4. The lowest BCUT2D eigenvalue weighted by molar-refractivity contribution is -0.380. The van der Waals surface area contributed by atoms with Crippen LogP contribution in [0.15, 0.2) is 17.0 Å². The van der Waals surface area contributed by atoms with Crippen LogP contribution >= 0.6 is 11.3 Å². The summed E-state index contributed by atoms with van der Waals surface area (Å²) in [4.78, 5) is 10.1. The van der Waals surface area contributed by atoms with Crippen molar-refractivity contribution < 1.29 is 4.92 Å². The number of nitro groups is 1. The monoisotopic (exact) mass is 226 g/mol. The van der Waals surface area contributed by atoms with E-state index in [0.29, 0.717) is 0 Å². The molecule has 0 amide bonds. The van der Waals surface area contributed by atoms with E-state index in [4.69, 9.17) is 0 Å². The number of nitrogens with one attached hydrogen (secondary N) is 1. The number of rotatable bonds is 4. The van der Waals surface area contributed by atoms with Crippen molar-refractivity contribution in [2.24, 2.45) is 0 Å². The van der Waals surface area contributed by atoms with Gasteiger partial charge in [0.25, 0.3) is 0 Å². The van der Waals surface area contributed by atoms with Crippen LogP contribution in [0, 0.1) is 10.1 Å². The fourth-order valence-corrected chi connectivity index (χ4v) is 1.81. The maximum Gasteiger partial charge on any atom is 0.324 e. The van der Waals surface area contributed by atoms with Crippen molar-refractivity contribution in [3.63, 3.8) is 0 Å². The lowest BCUT2D eigenvalue weighted by Crippen LogP contribution is -2.21. The Hall–Kier alpha value is -1.20. The van der Waals surface area contributed by atoms with Gasteiger partial charge in [-0.3, -0.25) is 10.1 Å². The molecule has 4 nitrogen and oxygen atoms in total. The number of thiophene rings is 1. The highest BCUT2D eigenvalue weighted by Gasteiger charge is 2.09. The maximum absolute atomic E-state index is 10.5. The zero-order valence-corrected chi connectivity index (χ0v) is 9.80. The van der Waals surface area contributed by atoms with Crippen molar-refractivity contribution in [2.45, 2.75) is 19.9 Å². The standard InChI is InChI=1S/C10H14N2O2S/c1-7(8(2)11-3)4-9-5-10(12(13)14)15-6-9/h4-6,8,11H,1-3H3. The van der Waals surface area contributed by atoms with Gasteiger partial charge in [-0.2, -0.15) is 0 Å². The molecule has 1 aromatic heterocycles. The summed E-state index contributed by atoms with van der Waals surface area (Å²) in [6.45, 7) is 4.05. The molecule has 0 fully saturated rings. The van der Waals surface area contributed by atoms with E-state index in [1.807, 2.05) is 27.0 Å². The van der Waals surface area contributed by atoms with Gasteiger partial charge in [-0.1, -0.05) is 23.0 Å². The van der Waals surface area contributed by atoms with Gasteiger partial charge in [-0.05, 0) is 26.5 Å². The molecular weight excluding hydrogens is 212 g/mol. The number of hydrogen-bond acceptors (Lipinski definition) is 4. The highest BCUT2D eigenvalue weighted by molar-refractivity contribution is 7.13. The molecule has 0 saturated heterocycles. The van der Waals surface area contributed by atoms with Gasteiger partial charge >= 0.3 is 5.00 Å². The summed E-state index contributed by atoms with van der Waals surface area (Å²) >= 11 is 1.15. The Bertz CT molecular complexity index is 385. The average molecular weight is 226 g/mol. The summed E-state index contributed by atoms with van der Waals surface area (Å²) in [5.41, 5.74) is 2.05. The third kappa shape index (κ3) is 3.14. The maximum atomic E-state index is 10.5. The van der Waals surface area contributed by atoms with Gasteiger partial charge in [0.1, 0.15) is 0 Å². The minimum absolute atomic E-state index is 0.186. The van der Waals surface area contributed by atoms with Gasteiger partial charge in [0, 0.05) is 17.5 Å². The van der Waals surface area contributed by atoms with Crippen LogP contribution in [-0.4, -0.2) is 18.0 Å². The van der Waals surface area contributed by atoms with Crippen LogP contribution in [-0.2, 0) is 0 Å². The Morgan fingerprint density at radius 2 is 2.40 bits per heavy atom. The number of nitrogens with zero attached hydrogens (tertiary/aromatic N) is 1. The first-order valence-corrected chi connectivity index (χ1v) is 5.51. The molecule has 5 heteroatoms. The topological polar surface area (TPSA) is 55.2 Å². The van der Waals surface area contributed by atoms with Crippen LogP contribution in [0.3, 0.4) is 0 Å². The predicted octanol–water partition coefficient (Wildman–Crippen LogP) is 2.67. The molecule has 0 spiro atoms. The van der Waals surface area contributed by atoms with Crippen molar-refractivity contribution >= 4 is 22.4 Å². The second kappa shape index (κ2) is 5.04. The minimum atomic E-state index is -0.362. The Morgan fingerprint density at radius 1 is 1.73 bits per heavy atom. The fraction of sp³-hybridized carbons (Fsp3) is 0.400. The van der Waals surface area contributed by atoms with Crippen LogP contribution in [0.4, 0.5) is 5.00 Å². The summed E-state index contributed by atoms with van der Waals surface area (Å²) in [5.74, 6) is 0. The highest BCUT2D eigenvalue weighted by Crippen LogP contribution is 2.24. The Balaban J connectivity index is 2.84. The van der Waals surface area contributed by atoms with Gasteiger partial charge in [0.2, 0.25) is 0 Å². The first kappa shape index (κ1) is 11.9. The fourth-order valence-electron chi connectivity index (χ4n) is 1.13. The van der Waals surface area contributed by atoms with E-state index in [9.17, 15) is 10.1 Å². The normalized spacial score (nSPS) is 13.9. The first-order chi connectivity index (χ1) is 7.04. The van der Waals surface area contributed by atoms with Crippen LogP contribution in [0.2, 0.25) is 0 Å². The van der Waals surface area contributed by atoms with Crippen LogP contribution < -0.4 is 5.32 Å². The summed E-state index contributed by atoms with van der Waals surface area (Å²) < 4.78 is 0. The van der Waals surface area contributed by atoms with E-state index in [-0.39, 0.29) is 16.0 Å². The van der Waals surface area contributed by atoms with Crippen LogP contribution in [0.25, 0.3) is 6.08 Å². The quantitative estimate of drug-likeness (QED) is 0.634. The molecule has 82 valence electrons. The second-order valence-corrected chi connectivity index (χ2v) is 4.26. The highest BCUT2D eigenvalue weighted by atomic mass is 32.1. The van der Waals surface area contributed by atoms with Gasteiger partial charge in [0.05, 0.1) is 4.92 Å². The van der Waals surface area contributed by atoms with Gasteiger partial charge < -0.3 is 5.32 Å². The molecular formula is C10H14N2O2S. The molecule has 15 heavy (non-hydrogen) atoms. The van der Waals surface area contributed by atoms with E-state index in [0.717, 1.165) is 22.5 Å². The molecule has 1 rings (SSSR count). The van der Waals surface area contributed by atoms with Gasteiger partial charge in [0.15, 0.2) is 0 Å². The molecule has 1 atom stereocenters. The van der Waals surface area contributed by atoms with Crippen LogP contribution in [0.1, 0.15) is 19.4 Å². The minimum Gasteiger partial charge on any atom is -0.314 e. The van der Waals surface area contributed by atoms with E-state index in [2.05, 4.69) is 5.32 Å². The van der Waals surface area contributed by atoms with Crippen molar-refractivity contribution in [3.05, 3.63) is 32.7 Å². The van der Waals surface area contributed by atoms with E-state index in [1.165, 1.54) is 0 Å². The van der Waals surface area contributed by atoms with Gasteiger partial charge in [-0.25, -0.2) is 0 Å². The van der Waals surface area contributed by atoms with Crippen LogP contribution in [0.5, 0.6) is 0 Å². The second-order valence-electron chi connectivity index (χ2n) is 3.37. The third-order valence-electron chi connectivity index (χ3n) is 2.30. The first-order valence-electron chi connectivity index (χ1n) is 4.63.